The van der Waals surface area contributed by atoms with E-state index in [-0.39, 0.29) is 11.6 Å². The van der Waals surface area contributed by atoms with Gasteiger partial charge in [0.2, 0.25) is 0 Å². The topological polar surface area (TPSA) is 113 Å². The lowest BCUT2D eigenvalue weighted by molar-refractivity contribution is -0.384. The number of nitrogens with zero attached hydrogens (tertiary/aromatic N) is 4. The molecule has 1 aromatic carbocycles. The summed E-state index contributed by atoms with van der Waals surface area (Å²) < 4.78 is 10.6. The molecule has 3 rings (SSSR count). The molecule has 1 aliphatic heterocycles. The van der Waals surface area contributed by atoms with Crippen LogP contribution in [0.25, 0.3) is 0 Å². The van der Waals surface area contributed by atoms with Gasteiger partial charge in [0.15, 0.2) is 11.7 Å². The number of nitrogens with one attached hydrogen (secondary N) is 1. The molecule has 2 heterocycles. The summed E-state index contributed by atoms with van der Waals surface area (Å²) in [6.45, 7) is 6.86. The summed E-state index contributed by atoms with van der Waals surface area (Å²) in [6.07, 6.45) is 2.35. The van der Waals surface area contributed by atoms with Crippen LogP contribution in [0.1, 0.15) is 29.5 Å². The quantitative estimate of drug-likeness (QED) is 0.208. The maximum atomic E-state index is 12.5. The second-order valence-corrected chi connectivity index (χ2v) is 7.30. The van der Waals surface area contributed by atoms with E-state index in [9.17, 15) is 14.9 Å². The molecule has 1 N–H and O–H groups in total. The van der Waals surface area contributed by atoms with E-state index in [4.69, 9.17) is 14.1 Å². The Bertz CT molecular complexity index is 890. The average Bonchev–Trinajstić information content (AvgIpc) is 3.36. The summed E-state index contributed by atoms with van der Waals surface area (Å²) >= 11 is 0. The number of benzene rings is 1. The zero-order valence-electron chi connectivity index (χ0n) is 18.2. The highest BCUT2D eigenvalue weighted by molar-refractivity contribution is 5.91. The zero-order chi connectivity index (χ0) is 22.8. The lowest BCUT2D eigenvalue weighted by Gasteiger charge is -2.36. The number of carbonyl (C=O) groups is 1. The van der Waals surface area contributed by atoms with Crippen LogP contribution in [0.4, 0.5) is 5.69 Å². The number of non-ortho nitro benzene ring substituents is 1. The van der Waals surface area contributed by atoms with Crippen LogP contribution < -0.4 is 5.32 Å². The van der Waals surface area contributed by atoms with Gasteiger partial charge in [-0.3, -0.25) is 14.9 Å². The fourth-order valence-electron chi connectivity index (χ4n) is 3.35. The summed E-state index contributed by atoms with van der Waals surface area (Å²) in [4.78, 5) is 31.6. The Labute approximate surface area is 187 Å². The van der Waals surface area contributed by atoms with Gasteiger partial charge in [0.05, 0.1) is 17.7 Å². The molecule has 10 nitrogen and oxygen atoms in total. The van der Waals surface area contributed by atoms with Crippen LogP contribution in [-0.4, -0.2) is 72.5 Å². The normalized spacial score (nSPS) is 14.5. The highest BCUT2D eigenvalue weighted by Gasteiger charge is 2.25. The van der Waals surface area contributed by atoms with Crippen LogP contribution in [0.5, 0.6) is 0 Å². The summed E-state index contributed by atoms with van der Waals surface area (Å²) in [5.74, 6) is 0.994. The van der Waals surface area contributed by atoms with Crippen molar-refractivity contribution < 1.29 is 18.9 Å². The van der Waals surface area contributed by atoms with Gasteiger partial charge in [-0.15, -0.1) is 0 Å². The first-order valence-electron chi connectivity index (χ1n) is 10.8. The number of carbonyl (C=O) groups excluding carboxylic acids is 1. The van der Waals surface area contributed by atoms with Crippen molar-refractivity contribution in [3.8, 4) is 0 Å². The van der Waals surface area contributed by atoms with Crippen molar-refractivity contribution in [1.29, 1.82) is 0 Å². The third kappa shape index (κ3) is 6.55. The van der Waals surface area contributed by atoms with Gasteiger partial charge in [-0.05, 0) is 31.0 Å². The smallest absolute Gasteiger partial charge is 0.289 e. The van der Waals surface area contributed by atoms with E-state index >= 15 is 0 Å². The van der Waals surface area contributed by atoms with Crippen molar-refractivity contribution in [2.45, 2.75) is 19.9 Å². The van der Waals surface area contributed by atoms with E-state index in [1.54, 1.807) is 29.2 Å². The van der Waals surface area contributed by atoms with Crippen molar-refractivity contribution in [3.05, 3.63) is 64.1 Å². The number of amides is 1. The van der Waals surface area contributed by atoms with Crippen LogP contribution in [-0.2, 0) is 11.3 Å². The Hall–Kier alpha value is -3.40. The Kier molecular flexibility index (Phi) is 8.61. The first-order chi connectivity index (χ1) is 15.6. The molecular formula is C22H29N5O5. The standard InChI is InChI=1S/C22H29N5O5/c1-2-31-15-4-10-23-22(24-17-18-6-8-19(9-7-18)27(29)30)26-13-11-25(12-14-26)21(28)20-5-3-16-32-20/h3,5-9,16H,2,4,10-15,17H2,1H3,(H,23,24). The Balaban J connectivity index is 1.61. The number of ether oxygens (including phenoxy) is 1. The molecule has 0 saturated carbocycles. The number of piperazine rings is 1. The molecule has 10 heteroatoms. The SMILES string of the molecule is CCOCCCNC(=NCc1ccc([N+](=O)[O-])cc1)N1CCN(C(=O)c2ccco2)CC1. The van der Waals surface area contributed by atoms with E-state index in [1.807, 2.05) is 6.92 Å². The number of nitro groups is 1. The molecule has 1 amide bonds. The molecule has 0 radical (unpaired) electrons. The third-order valence-corrected chi connectivity index (χ3v) is 5.11. The third-order valence-electron chi connectivity index (χ3n) is 5.11. The van der Waals surface area contributed by atoms with E-state index in [1.165, 1.54) is 18.4 Å². The first kappa shape index (κ1) is 23.3. The largest absolute Gasteiger partial charge is 0.459 e. The van der Waals surface area contributed by atoms with Crippen molar-refractivity contribution in [2.24, 2.45) is 4.99 Å². The second kappa shape index (κ2) is 11.8. The number of hydrogen-bond acceptors (Lipinski definition) is 6. The molecule has 1 fully saturated rings. The maximum Gasteiger partial charge on any atom is 0.289 e. The van der Waals surface area contributed by atoms with Gasteiger partial charge in [0.25, 0.3) is 11.6 Å². The van der Waals surface area contributed by atoms with Gasteiger partial charge in [0, 0.05) is 58.1 Å². The van der Waals surface area contributed by atoms with Crippen LogP contribution in [0.3, 0.4) is 0 Å². The molecule has 1 aliphatic rings. The van der Waals surface area contributed by atoms with Gasteiger partial charge in [-0.1, -0.05) is 12.1 Å². The van der Waals surface area contributed by atoms with Crippen LogP contribution >= 0.6 is 0 Å². The Morgan fingerprint density at radius 2 is 1.91 bits per heavy atom. The predicted molar refractivity (Wildman–Crippen MR) is 120 cm³/mol. The molecule has 0 aliphatic carbocycles. The minimum Gasteiger partial charge on any atom is -0.459 e. The van der Waals surface area contributed by atoms with Crippen molar-refractivity contribution >= 4 is 17.6 Å². The predicted octanol–water partition coefficient (Wildman–Crippen LogP) is 2.52. The molecule has 0 spiro atoms. The van der Waals surface area contributed by atoms with Gasteiger partial charge >= 0.3 is 0 Å². The molecule has 0 bridgehead atoms. The van der Waals surface area contributed by atoms with Gasteiger partial charge in [0.1, 0.15) is 0 Å². The summed E-state index contributed by atoms with van der Waals surface area (Å²) in [6, 6.07) is 9.78. The summed E-state index contributed by atoms with van der Waals surface area (Å²) in [5, 5.41) is 14.2. The number of aliphatic imine (C=N–C) groups is 1. The lowest BCUT2D eigenvalue weighted by Crippen LogP contribution is -2.54. The summed E-state index contributed by atoms with van der Waals surface area (Å²) in [7, 11) is 0. The fraction of sp³-hybridized carbons (Fsp3) is 0.455. The van der Waals surface area contributed by atoms with Gasteiger partial charge in [-0.2, -0.15) is 0 Å². The monoisotopic (exact) mass is 443 g/mol. The molecule has 172 valence electrons. The maximum absolute atomic E-state index is 12.5. The molecule has 0 atom stereocenters. The zero-order valence-corrected chi connectivity index (χ0v) is 18.2. The van der Waals surface area contributed by atoms with Crippen molar-refractivity contribution in [2.75, 3.05) is 45.9 Å². The first-order valence-corrected chi connectivity index (χ1v) is 10.8. The van der Waals surface area contributed by atoms with Crippen LogP contribution in [0.2, 0.25) is 0 Å². The van der Waals surface area contributed by atoms with Crippen LogP contribution in [0, 0.1) is 10.1 Å². The molecule has 1 saturated heterocycles. The highest BCUT2D eigenvalue weighted by atomic mass is 16.6. The average molecular weight is 444 g/mol. The number of guanidine groups is 1. The summed E-state index contributed by atoms with van der Waals surface area (Å²) in [5.41, 5.74) is 0.945. The molecule has 2 aromatic rings. The van der Waals surface area contributed by atoms with E-state index in [2.05, 4.69) is 10.2 Å². The Morgan fingerprint density at radius 1 is 1.19 bits per heavy atom. The minimum atomic E-state index is -0.415. The van der Waals surface area contributed by atoms with Crippen LogP contribution in [0.15, 0.2) is 52.1 Å². The highest BCUT2D eigenvalue weighted by Crippen LogP contribution is 2.13. The van der Waals surface area contributed by atoms with E-state index in [0.29, 0.717) is 58.2 Å². The van der Waals surface area contributed by atoms with E-state index in [0.717, 1.165) is 17.9 Å². The fourth-order valence-corrected chi connectivity index (χ4v) is 3.35. The van der Waals surface area contributed by atoms with E-state index < -0.39 is 4.92 Å². The molecule has 1 aromatic heterocycles. The lowest BCUT2D eigenvalue weighted by atomic mass is 10.2. The Morgan fingerprint density at radius 3 is 2.53 bits per heavy atom. The molecule has 0 unspecified atom stereocenters. The van der Waals surface area contributed by atoms with Gasteiger partial charge < -0.3 is 24.3 Å². The molecular weight excluding hydrogens is 414 g/mol. The number of hydrogen-bond donors (Lipinski definition) is 1. The molecule has 32 heavy (non-hydrogen) atoms. The number of nitro benzene ring substituents is 1. The van der Waals surface area contributed by atoms with Gasteiger partial charge in [-0.25, -0.2) is 4.99 Å². The van der Waals surface area contributed by atoms with Crippen molar-refractivity contribution in [3.63, 3.8) is 0 Å². The van der Waals surface area contributed by atoms with Crippen molar-refractivity contribution in [1.82, 2.24) is 15.1 Å². The number of furan rings is 1. The number of rotatable bonds is 9. The second-order valence-electron chi connectivity index (χ2n) is 7.30. The minimum absolute atomic E-state index is 0.0596.